The van der Waals surface area contributed by atoms with Gasteiger partial charge in [-0.15, -0.1) is 11.3 Å². The Morgan fingerprint density at radius 2 is 1.96 bits per heavy atom. The lowest BCUT2D eigenvalue weighted by atomic mass is 10.1. The number of rotatable bonds is 6. The van der Waals surface area contributed by atoms with Crippen LogP contribution in [0.3, 0.4) is 0 Å². The monoisotopic (exact) mass is 381 g/mol. The van der Waals surface area contributed by atoms with Crippen molar-refractivity contribution in [2.45, 2.75) is 26.4 Å². The average molecular weight is 381 g/mol. The molecular formula is C20H19N3O3S. The lowest BCUT2D eigenvalue weighted by molar-refractivity contribution is -0.123. The van der Waals surface area contributed by atoms with E-state index in [-0.39, 0.29) is 5.69 Å². The molecule has 0 saturated heterocycles. The number of carbonyl (C=O) groups is 2. The number of pyridine rings is 1. The van der Waals surface area contributed by atoms with E-state index in [0.717, 1.165) is 17.7 Å². The molecule has 0 fully saturated rings. The number of hydrogen-bond acceptors (Lipinski definition) is 6. The van der Waals surface area contributed by atoms with Gasteiger partial charge in [0.05, 0.1) is 5.69 Å². The van der Waals surface area contributed by atoms with Crippen LogP contribution in [0.5, 0.6) is 0 Å². The molecule has 2 heterocycles. The van der Waals surface area contributed by atoms with Crippen molar-refractivity contribution in [2.75, 3.05) is 5.32 Å². The summed E-state index contributed by atoms with van der Waals surface area (Å²) in [5.41, 5.74) is 3.19. The summed E-state index contributed by atoms with van der Waals surface area (Å²) in [5.74, 6) is -1.09. The fourth-order valence-corrected chi connectivity index (χ4v) is 3.06. The molecule has 1 aromatic carbocycles. The van der Waals surface area contributed by atoms with Gasteiger partial charge in [0.1, 0.15) is 5.69 Å². The van der Waals surface area contributed by atoms with E-state index in [1.807, 2.05) is 17.5 Å². The summed E-state index contributed by atoms with van der Waals surface area (Å²) >= 11 is 1.32. The van der Waals surface area contributed by atoms with E-state index >= 15 is 0 Å². The number of anilines is 1. The number of thiazole rings is 1. The number of hydrogen-bond donors (Lipinski definition) is 1. The van der Waals surface area contributed by atoms with Gasteiger partial charge in [-0.3, -0.25) is 10.1 Å². The maximum atomic E-state index is 12.3. The quantitative estimate of drug-likeness (QED) is 0.654. The summed E-state index contributed by atoms with van der Waals surface area (Å²) in [6.07, 6.45) is 1.51. The van der Waals surface area contributed by atoms with Gasteiger partial charge in [0, 0.05) is 17.1 Å². The highest BCUT2D eigenvalue weighted by Gasteiger charge is 2.20. The van der Waals surface area contributed by atoms with Gasteiger partial charge in [-0.25, -0.2) is 14.8 Å². The molecule has 138 valence electrons. The molecule has 3 rings (SSSR count). The van der Waals surface area contributed by atoms with E-state index in [0.29, 0.717) is 5.13 Å². The van der Waals surface area contributed by atoms with Crippen molar-refractivity contribution >= 4 is 28.3 Å². The number of amides is 1. The van der Waals surface area contributed by atoms with Crippen molar-refractivity contribution in [1.29, 1.82) is 0 Å². The van der Waals surface area contributed by atoms with Gasteiger partial charge >= 0.3 is 5.97 Å². The Morgan fingerprint density at radius 3 is 2.63 bits per heavy atom. The van der Waals surface area contributed by atoms with Gasteiger partial charge in [-0.2, -0.15) is 0 Å². The average Bonchev–Trinajstić information content (AvgIpc) is 3.17. The van der Waals surface area contributed by atoms with Crippen LogP contribution in [0.1, 0.15) is 29.9 Å². The molecule has 0 aliphatic rings. The second-order valence-electron chi connectivity index (χ2n) is 5.84. The Kier molecular flexibility index (Phi) is 5.93. The highest BCUT2D eigenvalue weighted by molar-refractivity contribution is 7.14. The summed E-state index contributed by atoms with van der Waals surface area (Å²) in [6.45, 7) is 3.61. The topological polar surface area (TPSA) is 81.2 Å². The van der Waals surface area contributed by atoms with Crippen LogP contribution in [0.4, 0.5) is 5.13 Å². The lowest BCUT2D eigenvalue weighted by Crippen LogP contribution is -2.30. The minimum absolute atomic E-state index is 0.157. The predicted molar refractivity (Wildman–Crippen MR) is 105 cm³/mol. The van der Waals surface area contributed by atoms with Crippen LogP contribution in [0.2, 0.25) is 0 Å². The minimum atomic E-state index is -0.962. The van der Waals surface area contributed by atoms with E-state index in [4.69, 9.17) is 4.74 Å². The summed E-state index contributed by atoms with van der Waals surface area (Å²) in [7, 11) is 0. The molecule has 1 N–H and O–H groups in total. The zero-order valence-corrected chi connectivity index (χ0v) is 15.8. The molecule has 2 aromatic heterocycles. The molecule has 0 unspecified atom stereocenters. The Balaban J connectivity index is 1.60. The maximum absolute atomic E-state index is 12.3. The Hall–Kier alpha value is -3.06. The summed E-state index contributed by atoms with van der Waals surface area (Å²) in [5, 5.41) is 5.01. The van der Waals surface area contributed by atoms with Crippen molar-refractivity contribution < 1.29 is 14.3 Å². The van der Waals surface area contributed by atoms with Crippen LogP contribution < -0.4 is 5.32 Å². The number of carbonyl (C=O) groups excluding carboxylic acids is 2. The Bertz CT molecular complexity index is 923. The third-order valence-corrected chi connectivity index (χ3v) is 4.68. The second-order valence-corrected chi connectivity index (χ2v) is 6.70. The largest absolute Gasteiger partial charge is 0.448 e. The van der Waals surface area contributed by atoms with Crippen molar-refractivity contribution in [3.05, 3.63) is 65.3 Å². The number of nitrogens with one attached hydrogen (secondary N) is 1. The second kappa shape index (κ2) is 8.55. The molecule has 0 spiro atoms. The number of nitrogens with zero attached hydrogens (tertiary/aromatic N) is 2. The number of esters is 1. The summed E-state index contributed by atoms with van der Waals surface area (Å²) in [6, 6.07) is 13.1. The van der Waals surface area contributed by atoms with Crippen LogP contribution in [-0.4, -0.2) is 27.9 Å². The first-order valence-electron chi connectivity index (χ1n) is 8.54. The van der Waals surface area contributed by atoms with Crippen LogP contribution in [0.25, 0.3) is 11.3 Å². The fourth-order valence-electron chi connectivity index (χ4n) is 2.34. The predicted octanol–water partition coefficient (Wildman–Crippen LogP) is 3.95. The number of benzene rings is 1. The standard InChI is InChI=1S/C20H19N3O3S/c1-3-14-7-9-15(10-8-14)17-12-27-20(22-17)23-18(24)13(2)26-19(25)16-6-4-5-11-21-16/h4-13H,3H2,1-2H3,(H,22,23,24)/t13-/m0/s1. The molecule has 6 nitrogen and oxygen atoms in total. The van der Waals surface area contributed by atoms with Gasteiger partial charge in [0.2, 0.25) is 0 Å². The van der Waals surface area contributed by atoms with Crippen molar-refractivity contribution in [2.24, 2.45) is 0 Å². The van der Waals surface area contributed by atoms with E-state index in [1.54, 1.807) is 12.1 Å². The molecule has 3 aromatic rings. The molecular weight excluding hydrogens is 362 g/mol. The normalized spacial score (nSPS) is 11.6. The molecule has 0 saturated carbocycles. The van der Waals surface area contributed by atoms with E-state index < -0.39 is 18.0 Å². The lowest BCUT2D eigenvalue weighted by Gasteiger charge is -2.11. The molecule has 0 aliphatic carbocycles. The Labute approximate surface area is 161 Å². The summed E-state index contributed by atoms with van der Waals surface area (Å²) < 4.78 is 5.15. The maximum Gasteiger partial charge on any atom is 0.357 e. The first kappa shape index (κ1) is 18.7. The molecule has 0 aliphatic heterocycles. The van der Waals surface area contributed by atoms with E-state index in [9.17, 15) is 9.59 Å². The van der Waals surface area contributed by atoms with E-state index in [1.165, 1.54) is 36.1 Å². The Morgan fingerprint density at radius 1 is 1.19 bits per heavy atom. The summed E-state index contributed by atoms with van der Waals surface area (Å²) in [4.78, 5) is 32.6. The molecule has 7 heteroatoms. The van der Waals surface area contributed by atoms with Crippen molar-refractivity contribution in [3.8, 4) is 11.3 Å². The SMILES string of the molecule is CCc1ccc(-c2csc(NC(=O)[C@H](C)OC(=O)c3ccccn3)n2)cc1. The van der Waals surface area contributed by atoms with Crippen LogP contribution >= 0.6 is 11.3 Å². The van der Waals surface area contributed by atoms with Crippen LogP contribution in [0, 0.1) is 0 Å². The van der Waals surface area contributed by atoms with Gasteiger partial charge < -0.3 is 4.74 Å². The van der Waals surface area contributed by atoms with E-state index in [2.05, 4.69) is 34.3 Å². The molecule has 27 heavy (non-hydrogen) atoms. The highest BCUT2D eigenvalue weighted by atomic mass is 32.1. The first-order chi connectivity index (χ1) is 13.1. The number of ether oxygens (including phenoxy) is 1. The first-order valence-corrected chi connectivity index (χ1v) is 9.42. The third-order valence-electron chi connectivity index (χ3n) is 3.92. The third kappa shape index (κ3) is 4.77. The van der Waals surface area contributed by atoms with Crippen LogP contribution in [0.15, 0.2) is 54.0 Å². The molecule has 0 radical (unpaired) electrons. The number of aromatic nitrogens is 2. The molecule has 0 bridgehead atoms. The number of aryl methyl sites for hydroxylation is 1. The van der Waals surface area contributed by atoms with Crippen molar-refractivity contribution in [3.63, 3.8) is 0 Å². The fraction of sp³-hybridized carbons (Fsp3) is 0.200. The molecule has 1 amide bonds. The zero-order valence-electron chi connectivity index (χ0n) is 15.0. The van der Waals surface area contributed by atoms with Gasteiger partial charge in [-0.1, -0.05) is 37.3 Å². The van der Waals surface area contributed by atoms with Gasteiger partial charge in [0.15, 0.2) is 11.2 Å². The van der Waals surface area contributed by atoms with Gasteiger partial charge in [-0.05, 0) is 31.0 Å². The van der Waals surface area contributed by atoms with Gasteiger partial charge in [0.25, 0.3) is 5.91 Å². The smallest absolute Gasteiger partial charge is 0.357 e. The van der Waals surface area contributed by atoms with Crippen molar-refractivity contribution in [1.82, 2.24) is 9.97 Å². The highest BCUT2D eigenvalue weighted by Crippen LogP contribution is 2.25. The minimum Gasteiger partial charge on any atom is -0.448 e. The molecule has 1 atom stereocenters. The van der Waals surface area contributed by atoms with Crippen LogP contribution in [-0.2, 0) is 16.0 Å². The zero-order chi connectivity index (χ0) is 19.2.